The molecule has 1 saturated heterocycles. The molecule has 1 amide bonds. The van der Waals surface area contributed by atoms with Crippen molar-refractivity contribution in [1.29, 1.82) is 0 Å². The Bertz CT molecular complexity index is 413. The van der Waals surface area contributed by atoms with Crippen molar-refractivity contribution in [3.63, 3.8) is 0 Å². The lowest BCUT2D eigenvalue weighted by Crippen LogP contribution is -2.43. The summed E-state index contributed by atoms with van der Waals surface area (Å²) in [5.41, 5.74) is 5.19. The Morgan fingerprint density at radius 1 is 1.53 bits per heavy atom. The minimum atomic E-state index is -0.261. The number of hydrogen-bond donors (Lipinski definition) is 2. The van der Waals surface area contributed by atoms with E-state index in [2.05, 4.69) is 15.2 Å². The highest BCUT2D eigenvalue weighted by Crippen LogP contribution is 2.16. The number of amides is 1. The van der Waals surface area contributed by atoms with Gasteiger partial charge in [-0.25, -0.2) is 4.98 Å². The molecule has 1 aliphatic rings. The van der Waals surface area contributed by atoms with Crippen molar-refractivity contribution in [3.8, 4) is 5.75 Å². The van der Waals surface area contributed by atoms with E-state index in [1.807, 2.05) is 12.1 Å². The second-order valence-corrected chi connectivity index (χ2v) is 4.74. The molecule has 104 valence electrons. The van der Waals surface area contributed by atoms with Gasteiger partial charge >= 0.3 is 0 Å². The molecule has 2 heterocycles. The van der Waals surface area contributed by atoms with E-state index in [0.717, 1.165) is 37.5 Å². The number of methoxy groups -OCH3 is 1. The predicted molar refractivity (Wildman–Crippen MR) is 73.1 cm³/mol. The number of carbonyl (C=O) groups excluding carboxylic acids is 1. The highest BCUT2D eigenvalue weighted by atomic mass is 16.5. The molecule has 0 atom stereocenters. The Morgan fingerprint density at radius 2 is 2.26 bits per heavy atom. The Kier molecular flexibility index (Phi) is 4.57. The lowest BCUT2D eigenvalue weighted by molar-refractivity contribution is -0.119. The van der Waals surface area contributed by atoms with E-state index >= 15 is 0 Å². The second kappa shape index (κ2) is 6.38. The van der Waals surface area contributed by atoms with Gasteiger partial charge in [-0.1, -0.05) is 0 Å². The van der Waals surface area contributed by atoms with Gasteiger partial charge in [0.05, 0.1) is 19.9 Å². The number of pyridine rings is 1. The summed E-state index contributed by atoms with van der Waals surface area (Å²) in [6.45, 7) is 2.13. The Balaban J connectivity index is 1.80. The van der Waals surface area contributed by atoms with E-state index in [9.17, 15) is 4.79 Å². The van der Waals surface area contributed by atoms with Gasteiger partial charge in [-0.05, 0) is 25.0 Å². The van der Waals surface area contributed by atoms with Gasteiger partial charge in [0.2, 0.25) is 5.91 Å². The molecule has 2 rings (SSSR count). The van der Waals surface area contributed by atoms with Crippen molar-refractivity contribution < 1.29 is 9.53 Å². The smallest absolute Gasteiger partial charge is 0.231 e. The quantitative estimate of drug-likeness (QED) is 0.807. The number of likely N-dealkylation sites (tertiary alicyclic amines) is 1. The van der Waals surface area contributed by atoms with Gasteiger partial charge in [-0.3, -0.25) is 9.69 Å². The van der Waals surface area contributed by atoms with Gasteiger partial charge in [0.1, 0.15) is 11.6 Å². The largest absolute Gasteiger partial charge is 0.495 e. The first-order chi connectivity index (χ1) is 9.17. The third-order valence-electron chi connectivity index (χ3n) is 3.29. The molecule has 1 fully saturated rings. The topological polar surface area (TPSA) is 80.5 Å². The predicted octanol–water partition coefficient (Wildman–Crippen LogP) is 0.452. The number of nitrogens with one attached hydrogen (secondary N) is 1. The Morgan fingerprint density at radius 3 is 2.79 bits per heavy atom. The van der Waals surface area contributed by atoms with Crippen LogP contribution in [0.1, 0.15) is 12.8 Å². The molecule has 3 N–H and O–H groups in total. The maximum atomic E-state index is 10.8. The van der Waals surface area contributed by atoms with E-state index in [0.29, 0.717) is 12.6 Å². The average Bonchev–Trinajstić information content (AvgIpc) is 2.41. The van der Waals surface area contributed by atoms with Gasteiger partial charge in [0, 0.05) is 19.1 Å². The van der Waals surface area contributed by atoms with Gasteiger partial charge in [-0.2, -0.15) is 0 Å². The third kappa shape index (κ3) is 4.10. The van der Waals surface area contributed by atoms with Crippen molar-refractivity contribution in [2.24, 2.45) is 5.73 Å². The zero-order valence-electron chi connectivity index (χ0n) is 11.1. The summed E-state index contributed by atoms with van der Waals surface area (Å²) in [4.78, 5) is 17.2. The van der Waals surface area contributed by atoms with Crippen LogP contribution in [0.5, 0.6) is 5.75 Å². The molecule has 0 saturated carbocycles. The third-order valence-corrected chi connectivity index (χ3v) is 3.29. The van der Waals surface area contributed by atoms with Crippen LogP contribution in [0.15, 0.2) is 18.3 Å². The number of rotatable bonds is 5. The maximum Gasteiger partial charge on any atom is 0.231 e. The molecule has 0 radical (unpaired) electrons. The number of primary amides is 1. The molecule has 19 heavy (non-hydrogen) atoms. The first-order valence-electron chi connectivity index (χ1n) is 6.44. The normalized spacial score (nSPS) is 17.1. The monoisotopic (exact) mass is 264 g/mol. The van der Waals surface area contributed by atoms with Crippen molar-refractivity contribution >= 4 is 11.7 Å². The van der Waals surface area contributed by atoms with E-state index < -0.39 is 0 Å². The van der Waals surface area contributed by atoms with Gasteiger partial charge in [-0.15, -0.1) is 0 Å². The van der Waals surface area contributed by atoms with Crippen LogP contribution in [0.2, 0.25) is 0 Å². The van der Waals surface area contributed by atoms with E-state index in [1.165, 1.54) is 0 Å². The van der Waals surface area contributed by atoms with Crippen molar-refractivity contribution in [2.75, 3.05) is 32.1 Å². The molecule has 1 aromatic heterocycles. The molecule has 0 spiro atoms. The van der Waals surface area contributed by atoms with E-state index in [-0.39, 0.29) is 5.91 Å². The number of ether oxygens (including phenoxy) is 1. The van der Waals surface area contributed by atoms with Crippen LogP contribution in [0.3, 0.4) is 0 Å². The molecule has 0 aliphatic carbocycles. The van der Waals surface area contributed by atoms with Gasteiger partial charge in [0.15, 0.2) is 0 Å². The first kappa shape index (κ1) is 13.6. The molecular weight excluding hydrogens is 244 g/mol. The number of anilines is 1. The van der Waals surface area contributed by atoms with Crippen LogP contribution in [-0.4, -0.2) is 48.6 Å². The summed E-state index contributed by atoms with van der Waals surface area (Å²) in [5, 5.41) is 3.40. The lowest BCUT2D eigenvalue weighted by atomic mass is 10.1. The Hall–Kier alpha value is -1.82. The number of carbonyl (C=O) groups is 1. The van der Waals surface area contributed by atoms with Crippen molar-refractivity contribution in [3.05, 3.63) is 18.3 Å². The average molecular weight is 264 g/mol. The van der Waals surface area contributed by atoms with Gasteiger partial charge < -0.3 is 15.8 Å². The second-order valence-electron chi connectivity index (χ2n) is 4.74. The van der Waals surface area contributed by atoms with Crippen LogP contribution in [-0.2, 0) is 4.79 Å². The number of hydrogen-bond acceptors (Lipinski definition) is 5. The minimum absolute atomic E-state index is 0.261. The van der Waals surface area contributed by atoms with Crippen LogP contribution in [0.25, 0.3) is 0 Å². The van der Waals surface area contributed by atoms with Crippen LogP contribution < -0.4 is 15.8 Å². The fourth-order valence-corrected chi connectivity index (χ4v) is 2.25. The van der Waals surface area contributed by atoms with Gasteiger partial charge in [0.25, 0.3) is 0 Å². The number of nitrogens with zero attached hydrogens (tertiary/aromatic N) is 2. The van der Waals surface area contributed by atoms with Crippen LogP contribution >= 0.6 is 0 Å². The van der Waals surface area contributed by atoms with E-state index in [4.69, 9.17) is 10.5 Å². The Labute approximate surface area is 112 Å². The van der Waals surface area contributed by atoms with Crippen molar-refractivity contribution in [1.82, 2.24) is 9.88 Å². The molecular formula is C13H20N4O2. The standard InChI is InChI=1S/C13H20N4O2/c1-19-11-2-3-13(15-8-11)16-10-4-6-17(7-5-10)9-12(14)18/h2-3,8,10H,4-7,9H2,1H3,(H2,14,18)(H,15,16). The summed E-state index contributed by atoms with van der Waals surface area (Å²) in [6, 6.07) is 4.19. The molecule has 1 aromatic rings. The highest BCUT2D eigenvalue weighted by molar-refractivity contribution is 5.75. The maximum absolute atomic E-state index is 10.8. The number of aromatic nitrogens is 1. The number of nitrogens with two attached hydrogens (primary N) is 1. The first-order valence-corrected chi connectivity index (χ1v) is 6.44. The lowest BCUT2D eigenvalue weighted by Gasteiger charge is -2.31. The fraction of sp³-hybridized carbons (Fsp3) is 0.538. The van der Waals surface area contributed by atoms with Crippen molar-refractivity contribution in [2.45, 2.75) is 18.9 Å². The summed E-state index contributed by atoms with van der Waals surface area (Å²) in [7, 11) is 1.62. The highest BCUT2D eigenvalue weighted by Gasteiger charge is 2.20. The zero-order chi connectivity index (χ0) is 13.7. The molecule has 1 aliphatic heterocycles. The summed E-state index contributed by atoms with van der Waals surface area (Å²) in [6.07, 6.45) is 3.67. The summed E-state index contributed by atoms with van der Waals surface area (Å²) >= 11 is 0. The van der Waals surface area contributed by atoms with Crippen LogP contribution in [0, 0.1) is 0 Å². The zero-order valence-corrected chi connectivity index (χ0v) is 11.1. The molecule has 6 heteroatoms. The van der Waals surface area contributed by atoms with E-state index in [1.54, 1.807) is 13.3 Å². The molecule has 0 bridgehead atoms. The SMILES string of the molecule is COc1ccc(NC2CCN(CC(N)=O)CC2)nc1. The molecule has 0 aromatic carbocycles. The molecule has 6 nitrogen and oxygen atoms in total. The summed E-state index contributed by atoms with van der Waals surface area (Å²) in [5.74, 6) is 1.35. The minimum Gasteiger partial charge on any atom is -0.495 e. The summed E-state index contributed by atoms with van der Waals surface area (Å²) < 4.78 is 5.07. The molecule has 0 unspecified atom stereocenters. The number of piperidine rings is 1. The fourth-order valence-electron chi connectivity index (χ4n) is 2.25. The van der Waals surface area contributed by atoms with Crippen LogP contribution in [0.4, 0.5) is 5.82 Å².